The predicted molar refractivity (Wildman–Crippen MR) is 61.3 cm³/mol. The van der Waals surface area contributed by atoms with Crippen LogP contribution >= 0.6 is 0 Å². The van der Waals surface area contributed by atoms with Crippen molar-refractivity contribution >= 4 is 11.9 Å². The zero-order valence-corrected chi connectivity index (χ0v) is 10.2. The molecule has 16 heavy (non-hydrogen) atoms. The van der Waals surface area contributed by atoms with Gasteiger partial charge in [0.1, 0.15) is 5.78 Å². The fourth-order valence-electron chi connectivity index (χ4n) is 2.07. The second-order valence-corrected chi connectivity index (χ2v) is 4.14. The molecule has 1 saturated heterocycles. The Labute approximate surface area is 96.9 Å². The van der Waals surface area contributed by atoms with Gasteiger partial charge >= 0.3 is 6.09 Å². The van der Waals surface area contributed by atoms with Gasteiger partial charge in [0.2, 0.25) is 0 Å². The number of ketones is 1. The monoisotopic (exact) mass is 227 g/mol. The highest BCUT2D eigenvalue weighted by atomic mass is 16.6. The average molecular weight is 227 g/mol. The Bertz CT molecular complexity index is 253. The van der Waals surface area contributed by atoms with E-state index in [1.807, 2.05) is 6.92 Å². The Kier molecular flexibility index (Phi) is 5.29. The summed E-state index contributed by atoms with van der Waals surface area (Å²) in [6.07, 6.45) is 3.79. The number of carbonyl (C=O) groups excluding carboxylic acids is 2. The van der Waals surface area contributed by atoms with Gasteiger partial charge in [-0.15, -0.1) is 0 Å². The lowest BCUT2D eigenvalue weighted by molar-refractivity contribution is -0.120. The predicted octanol–water partition coefficient (Wildman–Crippen LogP) is 2.37. The number of hydrogen-bond donors (Lipinski definition) is 0. The lowest BCUT2D eigenvalue weighted by Crippen LogP contribution is -2.44. The summed E-state index contributed by atoms with van der Waals surface area (Å²) in [7, 11) is 0. The van der Waals surface area contributed by atoms with E-state index in [1.165, 1.54) is 0 Å². The normalized spacial score (nSPS) is 20.6. The van der Waals surface area contributed by atoms with Crippen molar-refractivity contribution in [3.63, 3.8) is 0 Å². The Hall–Kier alpha value is -1.06. The lowest BCUT2D eigenvalue weighted by Gasteiger charge is -2.34. The molecule has 0 unspecified atom stereocenters. The van der Waals surface area contributed by atoms with Gasteiger partial charge in [0.25, 0.3) is 0 Å². The number of carbonyl (C=O) groups is 2. The Morgan fingerprint density at radius 1 is 1.31 bits per heavy atom. The largest absolute Gasteiger partial charge is 0.450 e. The average Bonchev–Trinajstić information content (AvgIpc) is 2.30. The number of hydrogen-bond acceptors (Lipinski definition) is 3. The van der Waals surface area contributed by atoms with Gasteiger partial charge in [-0.2, -0.15) is 0 Å². The maximum Gasteiger partial charge on any atom is 0.410 e. The van der Waals surface area contributed by atoms with Crippen molar-refractivity contribution < 1.29 is 14.3 Å². The van der Waals surface area contributed by atoms with E-state index in [2.05, 4.69) is 0 Å². The van der Waals surface area contributed by atoms with Gasteiger partial charge in [-0.3, -0.25) is 4.79 Å². The third-order valence-corrected chi connectivity index (χ3v) is 2.99. The third kappa shape index (κ3) is 3.51. The number of rotatable bonds is 4. The van der Waals surface area contributed by atoms with Crippen molar-refractivity contribution in [2.24, 2.45) is 0 Å². The molecule has 1 rings (SSSR count). The number of ether oxygens (including phenoxy) is 1. The second-order valence-electron chi connectivity index (χ2n) is 4.14. The van der Waals surface area contributed by atoms with Crippen LogP contribution < -0.4 is 0 Å². The first kappa shape index (κ1) is 13.0. The molecular formula is C12H21NO3. The standard InChI is InChI=1S/C12H21NO3/c1-3-11(14)9-10-7-5-6-8-13(10)12(15)16-4-2/h10H,3-9H2,1-2H3/t10-/m0/s1. The van der Waals surface area contributed by atoms with Crippen molar-refractivity contribution in [2.75, 3.05) is 13.2 Å². The van der Waals surface area contributed by atoms with Crippen LogP contribution in [0.3, 0.4) is 0 Å². The van der Waals surface area contributed by atoms with E-state index in [9.17, 15) is 9.59 Å². The number of piperidine rings is 1. The van der Waals surface area contributed by atoms with Crippen LogP contribution in [0, 0.1) is 0 Å². The number of Topliss-reactive ketones (excluding diaryl/α,β-unsaturated/α-hetero) is 1. The maximum absolute atomic E-state index is 11.7. The molecule has 1 amide bonds. The minimum atomic E-state index is -0.267. The number of nitrogens with zero attached hydrogens (tertiary/aromatic N) is 1. The summed E-state index contributed by atoms with van der Waals surface area (Å²) >= 11 is 0. The van der Waals surface area contributed by atoms with Gasteiger partial charge in [-0.05, 0) is 26.2 Å². The summed E-state index contributed by atoms with van der Waals surface area (Å²) in [4.78, 5) is 24.8. The zero-order chi connectivity index (χ0) is 12.0. The van der Waals surface area contributed by atoms with Gasteiger partial charge in [0.05, 0.1) is 6.61 Å². The van der Waals surface area contributed by atoms with Gasteiger partial charge in [-0.25, -0.2) is 4.79 Å². The molecule has 0 aromatic carbocycles. The fourth-order valence-corrected chi connectivity index (χ4v) is 2.07. The van der Waals surface area contributed by atoms with E-state index >= 15 is 0 Å². The highest BCUT2D eigenvalue weighted by Gasteiger charge is 2.28. The molecule has 0 aromatic heterocycles. The molecule has 0 saturated carbocycles. The number of amides is 1. The molecule has 0 bridgehead atoms. The first-order chi connectivity index (χ1) is 7.69. The Morgan fingerprint density at radius 2 is 2.06 bits per heavy atom. The maximum atomic E-state index is 11.7. The van der Waals surface area contributed by atoms with E-state index in [1.54, 1.807) is 11.8 Å². The third-order valence-electron chi connectivity index (χ3n) is 2.99. The summed E-state index contributed by atoms with van der Waals surface area (Å²) in [5.74, 6) is 0.223. The van der Waals surface area contributed by atoms with E-state index < -0.39 is 0 Å². The van der Waals surface area contributed by atoms with Crippen LogP contribution in [-0.2, 0) is 9.53 Å². The molecule has 0 radical (unpaired) electrons. The first-order valence-electron chi connectivity index (χ1n) is 6.14. The molecule has 1 atom stereocenters. The van der Waals surface area contributed by atoms with Crippen molar-refractivity contribution in [1.82, 2.24) is 4.90 Å². The van der Waals surface area contributed by atoms with Crippen LogP contribution in [-0.4, -0.2) is 36.0 Å². The fraction of sp³-hybridized carbons (Fsp3) is 0.833. The van der Waals surface area contributed by atoms with Crippen LogP contribution in [0.2, 0.25) is 0 Å². The molecule has 0 aromatic rings. The molecule has 0 aliphatic carbocycles. The minimum Gasteiger partial charge on any atom is -0.450 e. The lowest BCUT2D eigenvalue weighted by atomic mass is 9.97. The summed E-state index contributed by atoms with van der Waals surface area (Å²) in [6.45, 7) is 4.78. The zero-order valence-electron chi connectivity index (χ0n) is 10.2. The molecule has 0 N–H and O–H groups in total. The quantitative estimate of drug-likeness (QED) is 0.740. The molecule has 4 nitrogen and oxygen atoms in total. The topological polar surface area (TPSA) is 46.6 Å². The molecule has 4 heteroatoms. The van der Waals surface area contributed by atoms with Crippen LogP contribution in [0.1, 0.15) is 46.0 Å². The van der Waals surface area contributed by atoms with Crippen molar-refractivity contribution in [2.45, 2.75) is 52.0 Å². The van der Waals surface area contributed by atoms with Crippen molar-refractivity contribution in [3.8, 4) is 0 Å². The molecule has 1 aliphatic heterocycles. The Balaban J connectivity index is 2.56. The van der Waals surface area contributed by atoms with Gasteiger partial charge in [0.15, 0.2) is 0 Å². The first-order valence-corrected chi connectivity index (χ1v) is 6.14. The van der Waals surface area contributed by atoms with Crippen LogP contribution in [0.4, 0.5) is 4.79 Å². The Morgan fingerprint density at radius 3 is 2.69 bits per heavy atom. The summed E-state index contributed by atoms with van der Waals surface area (Å²) < 4.78 is 5.00. The molecule has 92 valence electrons. The number of likely N-dealkylation sites (tertiary alicyclic amines) is 1. The molecule has 1 aliphatic rings. The van der Waals surface area contributed by atoms with E-state index in [-0.39, 0.29) is 17.9 Å². The minimum absolute atomic E-state index is 0.0558. The van der Waals surface area contributed by atoms with E-state index in [0.29, 0.717) is 19.4 Å². The van der Waals surface area contributed by atoms with Gasteiger partial charge < -0.3 is 9.64 Å². The van der Waals surface area contributed by atoms with Crippen molar-refractivity contribution in [1.29, 1.82) is 0 Å². The van der Waals surface area contributed by atoms with E-state index in [0.717, 1.165) is 25.8 Å². The SMILES string of the molecule is CCOC(=O)N1CCCC[C@H]1CC(=O)CC. The summed E-state index contributed by atoms with van der Waals surface area (Å²) in [5.41, 5.74) is 0. The highest BCUT2D eigenvalue weighted by Crippen LogP contribution is 2.21. The van der Waals surface area contributed by atoms with Crippen LogP contribution in [0.5, 0.6) is 0 Å². The van der Waals surface area contributed by atoms with Crippen molar-refractivity contribution in [3.05, 3.63) is 0 Å². The van der Waals surface area contributed by atoms with Gasteiger partial charge in [0, 0.05) is 25.4 Å². The second kappa shape index (κ2) is 6.51. The smallest absolute Gasteiger partial charge is 0.410 e. The molecule has 0 spiro atoms. The summed E-state index contributed by atoms with van der Waals surface area (Å²) in [5, 5.41) is 0. The molecular weight excluding hydrogens is 206 g/mol. The summed E-state index contributed by atoms with van der Waals surface area (Å²) in [6, 6.07) is 0.0558. The van der Waals surface area contributed by atoms with Crippen LogP contribution in [0.25, 0.3) is 0 Å². The molecule has 1 fully saturated rings. The van der Waals surface area contributed by atoms with Gasteiger partial charge in [-0.1, -0.05) is 6.92 Å². The van der Waals surface area contributed by atoms with E-state index in [4.69, 9.17) is 4.74 Å². The van der Waals surface area contributed by atoms with Crippen LogP contribution in [0.15, 0.2) is 0 Å². The highest BCUT2D eigenvalue weighted by molar-refractivity contribution is 5.79. The molecule has 1 heterocycles.